The summed E-state index contributed by atoms with van der Waals surface area (Å²) in [5.41, 5.74) is 0.797. The minimum absolute atomic E-state index is 0.0353. The van der Waals surface area contributed by atoms with E-state index in [1.165, 1.54) is 0 Å². The molecule has 1 aromatic carbocycles. The molecule has 0 N–H and O–H groups in total. The Morgan fingerprint density at radius 1 is 0.952 bits per heavy atom. The van der Waals surface area contributed by atoms with Crippen LogP contribution in [-0.2, 0) is 0 Å². The molecule has 1 aromatic heterocycles. The van der Waals surface area contributed by atoms with Crippen molar-refractivity contribution in [3.8, 4) is 23.1 Å². The van der Waals surface area contributed by atoms with Gasteiger partial charge in [0.2, 0.25) is 5.28 Å². The Bertz CT molecular complexity index is 618. The molecule has 0 amide bonds. The van der Waals surface area contributed by atoms with E-state index in [1.54, 1.807) is 0 Å². The van der Waals surface area contributed by atoms with Crippen LogP contribution in [0.1, 0.15) is 27.7 Å². The van der Waals surface area contributed by atoms with Crippen LogP contribution < -0.4 is 9.47 Å². The monoisotopic (exact) mass is 307 g/mol. The fraction of sp³-hybridized carbons (Fsp3) is 0.400. The van der Waals surface area contributed by atoms with Crippen molar-refractivity contribution in [3.63, 3.8) is 0 Å². The summed E-state index contributed by atoms with van der Waals surface area (Å²) >= 11 is 5.93. The third-order valence-electron chi connectivity index (χ3n) is 2.39. The van der Waals surface area contributed by atoms with Crippen molar-refractivity contribution >= 4 is 11.6 Å². The average Bonchev–Trinajstić information content (AvgIpc) is 2.36. The zero-order valence-corrected chi connectivity index (χ0v) is 13.3. The van der Waals surface area contributed by atoms with Crippen molar-refractivity contribution in [2.75, 3.05) is 0 Å². The van der Waals surface area contributed by atoms with Gasteiger partial charge in [0.05, 0.1) is 12.2 Å². The van der Waals surface area contributed by atoms with Crippen LogP contribution in [0.3, 0.4) is 0 Å². The third-order valence-corrected chi connectivity index (χ3v) is 2.56. The molecular formula is C15H18ClN3O2. The summed E-state index contributed by atoms with van der Waals surface area (Å²) in [6.07, 6.45) is 0.0638. The number of hydrogen-bond acceptors (Lipinski definition) is 5. The molecule has 0 aliphatic heterocycles. The summed E-state index contributed by atoms with van der Waals surface area (Å²) < 4.78 is 11.1. The fourth-order valence-electron chi connectivity index (χ4n) is 1.71. The van der Waals surface area contributed by atoms with Gasteiger partial charge in [-0.2, -0.15) is 15.0 Å². The maximum absolute atomic E-state index is 5.93. The first kappa shape index (κ1) is 15.5. The van der Waals surface area contributed by atoms with Crippen LogP contribution in [0.2, 0.25) is 5.28 Å². The lowest BCUT2D eigenvalue weighted by molar-refractivity contribution is 0.221. The Hall–Kier alpha value is -1.88. The molecule has 0 aliphatic carbocycles. The average molecular weight is 308 g/mol. The van der Waals surface area contributed by atoms with Crippen molar-refractivity contribution in [3.05, 3.63) is 29.5 Å². The molecule has 0 radical (unpaired) electrons. The second-order valence-corrected chi connectivity index (χ2v) is 5.41. The van der Waals surface area contributed by atoms with E-state index < -0.39 is 0 Å². The van der Waals surface area contributed by atoms with Crippen molar-refractivity contribution in [2.45, 2.75) is 39.9 Å². The van der Waals surface area contributed by atoms with E-state index in [2.05, 4.69) is 15.0 Å². The number of hydrogen-bond donors (Lipinski definition) is 0. The van der Waals surface area contributed by atoms with Gasteiger partial charge in [0.15, 0.2) is 5.82 Å². The van der Waals surface area contributed by atoms with E-state index in [4.69, 9.17) is 21.1 Å². The van der Waals surface area contributed by atoms with Gasteiger partial charge in [-0.25, -0.2) is 0 Å². The minimum atomic E-state index is -0.0353. The van der Waals surface area contributed by atoms with Crippen molar-refractivity contribution in [1.82, 2.24) is 15.0 Å². The molecule has 2 aromatic rings. The van der Waals surface area contributed by atoms with Crippen LogP contribution in [0.25, 0.3) is 11.4 Å². The van der Waals surface area contributed by atoms with Gasteiger partial charge in [-0.1, -0.05) is 12.1 Å². The first-order valence-corrected chi connectivity index (χ1v) is 7.17. The highest BCUT2D eigenvalue weighted by Gasteiger charge is 2.10. The molecule has 0 unspecified atom stereocenters. The predicted molar refractivity (Wildman–Crippen MR) is 81.8 cm³/mol. The lowest BCUT2D eigenvalue weighted by Gasteiger charge is -2.11. The highest BCUT2D eigenvalue weighted by atomic mass is 35.5. The van der Waals surface area contributed by atoms with Crippen LogP contribution in [-0.4, -0.2) is 27.2 Å². The largest absolute Gasteiger partial charge is 0.491 e. The second kappa shape index (κ2) is 6.72. The number of nitrogens with zero attached hydrogens (tertiary/aromatic N) is 3. The zero-order valence-electron chi connectivity index (χ0n) is 12.5. The number of rotatable bonds is 5. The predicted octanol–water partition coefficient (Wildman–Crippen LogP) is 3.77. The van der Waals surface area contributed by atoms with Crippen molar-refractivity contribution in [1.29, 1.82) is 0 Å². The SMILES string of the molecule is CC(C)Oc1cccc(-c2nc(Cl)nc(OC(C)C)n2)c1. The molecule has 0 spiro atoms. The molecule has 0 aliphatic rings. The molecule has 0 saturated carbocycles. The highest BCUT2D eigenvalue weighted by molar-refractivity contribution is 6.28. The van der Waals surface area contributed by atoms with Crippen molar-refractivity contribution in [2.24, 2.45) is 0 Å². The van der Waals surface area contributed by atoms with Crippen LogP contribution in [0.15, 0.2) is 24.3 Å². The summed E-state index contributed by atoms with van der Waals surface area (Å²) in [4.78, 5) is 12.4. The summed E-state index contributed by atoms with van der Waals surface area (Å²) in [5.74, 6) is 1.21. The molecule has 5 nitrogen and oxygen atoms in total. The molecular weight excluding hydrogens is 290 g/mol. The van der Waals surface area contributed by atoms with E-state index in [-0.39, 0.29) is 23.5 Å². The van der Waals surface area contributed by atoms with Crippen LogP contribution in [0, 0.1) is 0 Å². The molecule has 112 valence electrons. The first-order valence-electron chi connectivity index (χ1n) is 6.79. The lowest BCUT2D eigenvalue weighted by atomic mass is 10.2. The topological polar surface area (TPSA) is 57.1 Å². The van der Waals surface area contributed by atoms with Gasteiger partial charge >= 0.3 is 6.01 Å². The van der Waals surface area contributed by atoms with Crippen LogP contribution >= 0.6 is 11.6 Å². The van der Waals surface area contributed by atoms with Crippen LogP contribution in [0.4, 0.5) is 0 Å². The first-order chi connectivity index (χ1) is 9.94. The maximum atomic E-state index is 5.93. The Morgan fingerprint density at radius 2 is 1.67 bits per heavy atom. The van der Waals surface area contributed by atoms with Gasteiger partial charge < -0.3 is 9.47 Å². The Morgan fingerprint density at radius 3 is 2.33 bits per heavy atom. The van der Waals surface area contributed by atoms with Gasteiger partial charge in [-0.3, -0.25) is 0 Å². The van der Waals surface area contributed by atoms with Crippen molar-refractivity contribution < 1.29 is 9.47 Å². The van der Waals surface area contributed by atoms with E-state index in [1.807, 2.05) is 52.0 Å². The molecule has 0 saturated heterocycles. The highest BCUT2D eigenvalue weighted by Crippen LogP contribution is 2.24. The molecule has 0 bridgehead atoms. The third kappa shape index (κ3) is 4.56. The number of benzene rings is 1. The van der Waals surface area contributed by atoms with Gasteiger partial charge in [-0.15, -0.1) is 0 Å². The van der Waals surface area contributed by atoms with Gasteiger partial charge in [0.1, 0.15) is 5.75 Å². The normalized spacial score (nSPS) is 11.0. The lowest BCUT2D eigenvalue weighted by Crippen LogP contribution is -2.09. The number of aromatic nitrogens is 3. The summed E-state index contributed by atoms with van der Waals surface area (Å²) in [6, 6.07) is 7.74. The van der Waals surface area contributed by atoms with E-state index >= 15 is 0 Å². The van der Waals surface area contributed by atoms with E-state index in [9.17, 15) is 0 Å². The molecule has 0 fully saturated rings. The molecule has 0 atom stereocenters. The summed E-state index contributed by atoms with van der Waals surface area (Å²) in [6.45, 7) is 7.74. The van der Waals surface area contributed by atoms with E-state index in [0.29, 0.717) is 5.82 Å². The Kier molecular flexibility index (Phi) is 4.96. The number of halogens is 1. The number of ether oxygens (including phenoxy) is 2. The van der Waals surface area contributed by atoms with E-state index in [0.717, 1.165) is 11.3 Å². The van der Waals surface area contributed by atoms with Gasteiger partial charge in [0.25, 0.3) is 0 Å². The maximum Gasteiger partial charge on any atom is 0.321 e. The molecule has 21 heavy (non-hydrogen) atoms. The van der Waals surface area contributed by atoms with Gasteiger partial charge in [0, 0.05) is 5.56 Å². The van der Waals surface area contributed by atoms with Crippen LogP contribution in [0.5, 0.6) is 11.8 Å². The minimum Gasteiger partial charge on any atom is -0.491 e. The quantitative estimate of drug-likeness (QED) is 0.841. The standard InChI is InChI=1S/C15H18ClN3O2/c1-9(2)20-12-7-5-6-11(8-12)13-17-14(16)19-15(18-13)21-10(3)4/h5-10H,1-4H3. The second-order valence-electron chi connectivity index (χ2n) is 5.07. The summed E-state index contributed by atoms with van der Waals surface area (Å²) in [5, 5.41) is 0.103. The fourth-order valence-corrected chi connectivity index (χ4v) is 1.86. The van der Waals surface area contributed by atoms with Gasteiger partial charge in [-0.05, 0) is 51.4 Å². The Labute approximate surface area is 129 Å². The Balaban J connectivity index is 2.34. The smallest absolute Gasteiger partial charge is 0.321 e. The molecule has 1 heterocycles. The molecule has 2 rings (SSSR count). The molecule has 6 heteroatoms. The summed E-state index contributed by atoms with van der Waals surface area (Å²) in [7, 11) is 0. The zero-order chi connectivity index (χ0) is 15.4.